The summed E-state index contributed by atoms with van der Waals surface area (Å²) in [6.45, 7) is 5.32. The summed E-state index contributed by atoms with van der Waals surface area (Å²) in [5.41, 5.74) is 8.09. The molecule has 1 aromatic carbocycles. The smallest absolute Gasteiger partial charge is 0.193 e. The molecule has 0 fully saturated rings. The monoisotopic (exact) mass is 400 g/mol. The summed E-state index contributed by atoms with van der Waals surface area (Å²) < 4.78 is 1.80. The van der Waals surface area contributed by atoms with Gasteiger partial charge in [-0.1, -0.05) is 19.1 Å². The molecule has 0 atom stereocenters. The molecule has 1 aromatic heterocycles. The Morgan fingerprint density at radius 1 is 1.38 bits per heavy atom. The van der Waals surface area contributed by atoms with Crippen molar-refractivity contribution < 1.29 is 0 Å². The van der Waals surface area contributed by atoms with Crippen LogP contribution < -0.4 is 11.1 Å². The van der Waals surface area contributed by atoms with Crippen molar-refractivity contribution in [3.8, 4) is 0 Å². The summed E-state index contributed by atoms with van der Waals surface area (Å²) in [5, 5.41) is 7.18. The molecule has 3 N–H and O–H groups in total. The lowest BCUT2D eigenvalue weighted by molar-refractivity contribution is 0.616. The van der Waals surface area contributed by atoms with Crippen molar-refractivity contribution in [2.75, 3.05) is 5.32 Å². The van der Waals surface area contributed by atoms with E-state index in [1.807, 2.05) is 19.1 Å². The first-order valence-electron chi connectivity index (χ1n) is 6.75. The number of hydrogen-bond donors (Lipinski definition) is 2. The van der Waals surface area contributed by atoms with Crippen molar-refractivity contribution >= 4 is 35.6 Å². The van der Waals surface area contributed by atoms with Crippen LogP contribution in [-0.4, -0.2) is 20.7 Å². The number of nitrogens with one attached hydrogen (secondary N) is 1. The maximum atomic E-state index is 5.89. The molecular formula is C14H21IN6. The Kier molecular flexibility index (Phi) is 7.13. The first-order valence-corrected chi connectivity index (χ1v) is 6.75. The van der Waals surface area contributed by atoms with Crippen molar-refractivity contribution in [3.05, 3.63) is 42.0 Å². The molecule has 0 saturated heterocycles. The predicted molar refractivity (Wildman–Crippen MR) is 95.9 cm³/mol. The van der Waals surface area contributed by atoms with Crippen molar-refractivity contribution in [1.29, 1.82) is 0 Å². The van der Waals surface area contributed by atoms with Crippen LogP contribution in [0, 0.1) is 0 Å². The Bertz CT molecular complexity index is 593. The summed E-state index contributed by atoms with van der Waals surface area (Å²) in [6, 6.07) is 8.12. The standard InChI is InChI=1S/C14H20N6.HI/c1-3-11-6-5-7-12(8-11)19-14(15)16-9-13-17-10-18-20(13)4-2;/h5-8,10H,3-4,9H2,1-2H3,(H3,15,16,19);1H. The van der Waals surface area contributed by atoms with Crippen molar-refractivity contribution in [3.63, 3.8) is 0 Å². The predicted octanol–water partition coefficient (Wildman–Crippen LogP) is 2.41. The second kappa shape index (κ2) is 8.60. The fourth-order valence-corrected chi connectivity index (χ4v) is 1.89. The van der Waals surface area contributed by atoms with Crippen LogP contribution >= 0.6 is 24.0 Å². The van der Waals surface area contributed by atoms with E-state index in [4.69, 9.17) is 5.73 Å². The number of aromatic nitrogens is 3. The van der Waals surface area contributed by atoms with Crippen molar-refractivity contribution in [1.82, 2.24) is 14.8 Å². The van der Waals surface area contributed by atoms with E-state index >= 15 is 0 Å². The third-order valence-electron chi connectivity index (χ3n) is 2.99. The zero-order chi connectivity index (χ0) is 14.4. The van der Waals surface area contributed by atoms with Gasteiger partial charge in [0, 0.05) is 12.2 Å². The van der Waals surface area contributed by atoms with E-state index in [1.165, 1.54) is 11.9 Å². The number of rotatable bonds is 5. The Balaban J connectivity index is 0.00000220. The fourth-order valence-electron chi connectivity index (χ4n) is 1.89. The molecule has 1 heterocycles. The Morgan fingerprint density at radius 3 is 2.90 bits per heavy atom. The number of benzene rings is 1. The van der Waals surface area contributed by atoms with Crippen LogP contribution in [0.25, 0.3) is 0 Å². The first kappa shape index (κ1) is 17.4. The van der Waals surface area contributed by atoms with Gasteiger partial charge in [-0.15, -0.1) is 24.0 Å². The molecule has 2 rings (SSSR count). The minimum Gasteiger partial charge on any atom is -0.370 e. The Hall–Kier alpha value is -1.64. The average Bonchev–Trinajstić information content (AvgIpc) is 2.93. The molecule has 0 aliphatic heterocycles. The molecule has 0 unspecified atom stereocenters. The van der Waals surface area contributed by atoms with Gasteiger partial charge in [0.1, 0.15) is 18.7 Å². The van der Waals surface area contributed by atoms with Gasteiger partial charge in [-0.2, -0.15) is 5.10 Å². The van der Waals surface area contributed by atoms with Crippen LogP contribution in [0.4, 0.5) is 5.69 Å². The van der Waals surface area contributed by atoms with E-state index in [0.717, 1.165) is 24.5 Å². The van der Waals surface area contributed by atoms with Gasteiger partial charge < -0.3 is 11.1 Å². The minimum absolute atomic E-state index is 0. The van der Waals surface area contributed by atoms with Crippen LogP contribution in [-0.2, 0) is 19.5 Å². The average molecular weight is 400 g/mol. The maximum Gasteiger partial charge on any atom is 0.193 e. The van der Waals surface area contributed by atoms with E-state index in [-0.39, 0.29) is 24.0 Å². The Morgan fingerprint density at radius 2 is 2.19 bits per heavy atom. The number of guanidine groups is 1. The van der Waals surface area contributed by atoms with Crippen molar-refractivity contribution in [2.24, 2.45) is 10.7 Å². The maximum absolute atomic E-state index is 5.89. The molecule has 114 valence electrons. The molecule has 0 amide bonds. The number of aliphatic imine (C=N–C) groups is 1. The highest BCUT2D eigenvalue weighted by Crippen LogP contribution is 2.10. The van der Waals surface area contributed by atoms with Gasteiger partial charge in [0.15, 0.2) is 5.96 Å². The molecular weight excluding hydrogens is 379 g/mol. The van der Waals surface area contributed by atoms with E-state index in [9.17, 15) is 0 Å². The molecule has 7 heteroatoms. The third-order valence-corrected chi connectivity index (χ3v) is 2.99. The topological polar surface area (TPSA) is 81.1 Å². The van der Waals surface area contributed by atoms with Crippen LogP contribution in [0.5, 0.6) is 0 Å². The molecule has 6 nitrogen and oxygen atoms in total. The highest BCUT2D eigenvalue weighted by Gasteiger charge is 2.02. The summed E-state index contributed by atoms with van der Waals surface area (Å²) in [4.78, 5) is 8.44. The van der Waals surface area contributed by atoms with E-state index < -0.39 is 0 Å². The molecule has 0 radical (unpaired) electrons. The molecule has 21 heavy (non-hydrogen) atoms. The molecule has 0 aliphatic rings. The van der Waals surface area contributed by atoms with Gasteiger partial charge in [0.25, 0.3) is 0 Å². The molecule has 0 bridgehead atoms. The zero-order valence-electron chi connectivity index (χ0n) is 12.3. The third kappa shape index (κ3) is 5.00. The van der Waals surface area contributed by atoms with Crippen molar-refractivity contribution in [2.45, 2.75) is 33.4 Å². The highest BCUT2D eigenvalue weighted by molar-refractivity contribution is 14.0. The molecule has 0 saturated carbocycles. The number of nitrogens with zero attached hydrogens (tertiary/aromatic N) is 4. The number of hydrogen-bond acceptors (Lipinski definition) is 3. The largest absolute Gasteiger partial charge is 0.370 e. The van der Waals surface area contributed by atoms with Crippen LogP contribution in [0.15, 0.2) is 35.6 Å². The minimum atomic E-state index is 0. The number of halogens is 1. The normalized spacial score (nSPS) is 11.0. The van der Waals surface area contributed by atoms with Gasteiger partial charge >= 0.3 is 0 Å². The highest BCUT2D eigenvalue weighted by atomic mass is 127. The van der Waals surface area contributed by atoms with Gasteiger partial charge in [-0.25, -0.2) is 14.7 Å². The Labute approximate surface area is 141 Å². The zero-order valence-corrected chi connectivity index (χ0v) is 14.6. The van der Waals surface area contributed by atoms with Gasteiger partial charge in [0.2, 0.25) is 0 Å². The quantitative estimate of drug-likeness (QED) is 0.459. The van der Waals surface area contributed by atoms with Gasteiger partial charge in [-0.05, 0) is 31.0 Å². The van der Waals surface area contributed by atoms with Gasteiger partial charge in [-0.3, -0.25) is 0 Å². The summed E-state index contributed by atoms with van der Waals surface area (Å²) in [5.74, 6) is 1.18. The second-order valence-electron chi connectivity index (χ2n) is 4.37. The van der Waals surface area contributed by atoms with Crippen LogP contribution in [0.2, 0.25) is 0 Å². The number of anilines is 1. The molecule has 2 aromatic rings. The summed E-state index contributed by atoms with van der Waals surface area (Å²) in [7, 11) is 0. The SMILES string of the molecule is CCc1cccc(NC(N)=NCc2ncnn2CC)c1.I. The number of nitrogens with two attached hydrogens (primary N) is 1. The van der Waals surface area contributed by atoms with Gasteiger partial charge in [0.05, 0.1) is 0 Å². The van der Waals surface area contributed by atoms with E-state index in [0.29, 0.717) is 12.5 Å². The molecule has 0 spiro atoms. The summed E-state index contributed by atoms with van der Waals surface area (Å²) in [6.07, 6.45) is 2.52. The van der Waals surface area contributed by atoms with E-state index in [1.54, 1.807) is 4.68 Å². The summed E-state index contributed by atoms with van der Waals surface area (Å²) >= 11 is 0. The lowest BCUT2D eigenvalue weighted by atomic mass is 10.1. The fraction of sp³-hybridized carbons (Fsp3) is 0.357. The van der Waals surface area contributed by atoms with Crippen LogP contribution in [0.3, 0.4) is 0 Å². The lowest BCUT2D eigenvalue weighted by Crippen LogP contribution is -2.23. The molecule has 0 aliphatic carbocycles. The number of aryl methyl sites for hydroxylation is 2. The first-order chi connectivity index (χ1) is 9.72. The van der Waals surface area contributed by atoms with E-state index in [2.05, 4.69) is 39.4 Å². The second-order valence-corrected chi connectivity index (χ2v) is 4.37. The van der Waals surface area contributed by atoms with Crippen LogP contribution in [0.1, 0.15) is 25.2 Å². The lowest BCUT2D eigenvalue weighted by Gasteiger charge is -2.07.